The molecule has 0 N–H and O–H groups in total. The van der Waals surface area contributed by atoms with Crippen molar-refractivity contribution in [3.63, 3.8) is 0 Å². The fourth-order valence-corrected chi connectivity index (χ4v) is 8.06. The summed E-state index contributed by atoms with van der Waals surface area (Å²) < 4.78 is 12.9. The SMILES string of the molecule is c1ccc(-c2cc(-c3cccc(-c4ccc5oc6ccccc6c5c4-c4ccc(-c5cccc6c5oc5ccccc56)cc4)c3)nc(-c3ccccc3)n2)cc1. The molecule has 4 heteroatoms. The van der Waals surface area contributed by atoms with Crippen LogP contribution < -0.4 is 0 Å². The summed E-state index contributed by atoms with van der Waals surface area (Å²) in [7, 11) is 0. The van der Waals surface area contributed by atoms with Gasteiger partial charge in [0.25, 0.3) is 0 Å². The van der Waals surface area contributed by atoms with Gasteiger partial charge in [0, 0.05) is 49.4 Å². The molecule has 4 nitrogen and oxygen atoms in total. The Balaban J connectivity index is 1.08. The summed E-state index contributed by atoms with van der Waals surface area (Å²) in [4.78, 5) is 10.2. The maximum absolute atomic E-state index is 6.45. The Labute approximate surface area is 323 Å². The molecule has 3 heterocycles. The van der Waals surface area contributed by atoms with Gasteiger partial charge in [-0.15, -0.1) is 0 Å². The highest BCUT2D eigenvalue weighted by atomic mass is 16.3. The van der Waals surface area contributed by atoms with Gasteiger partial charge in [-0.3, -0.25) is 0 Å². The third-order valence-corrected chi connectivity index (χ3v) is 10.7. The van der Waals surface area contributed by atoms with E-state index in [1.54, 1.807) is 0 Å². The van der Waals surface area contributed by atoms with Gasteiger partial charge in [-0.25, -0.2) is 9.97 Å². The van der Waals surface area contributed by atoms with Crippen LogP contribution in [0.2, 0.25) is 0 Å². The van der Waals surface area contributed by atoms with Crippen LogP contribution in [0.5, 0.6) is 0 Å². The van der Waals surface area contributed by atoms with E-state index in [1.807, 2.05) is 60.7 Å². The molecule has 11 aromatic rings. The zero-order valence-corrected chi connectivity index (χ0v) is 30.2. The Hall–Kier alpha value is -7.56. The molecule has 0 aliphatic heterocycles. The van der Waals surface area contributed by atoms with E-state index < -0.39 is 0 Å². The summed E-state index contributed by atoms with van der Waals surface area (Å²) in [6.45, 7) is 0. The predicted octanol–water partition coefficient (Wildman–Crippen LogP) is 14.3. The third kappa shape index (κ3) is 5.39. The summed E-state index contributed by atoms with van der Waals surface area (Å²) >= 11 is 0. The van der Waals surface area contributed by atoms with E-state index in [4.69, 9.17) is 18.8 Å². The average molecular weight is 717 g/mol. The maximum Gasteiger partial charge on any atom is 0.160 e. The molecule has 0 saturated heterocycles. The summed E-state index contributed by atoms with van der Waals surface area (Å²) in [5, 5.41) is 4.42. The van der Waals surface area contributed by atoms with E-state index in [2.05, 4.69) is 133 Å². The molecule has 0 fully saturated rings. The van der Waals surface area contributed by atoms with E-state index in [0.717, 1.165) is 105 Å². The first-order valence-corrected chi connectivity index (χ1v) is 18.8. The zero-order valence-electron chi connectivity index (χ0n) is 30.2. The normalized spacial score (nSPS) is 11.6. The fourth-order valence-electron chi connectivity index (χ4n) is 8.06. The Morgan fingerprint density at radius 2 is 0.911 bits per heavy atom. The van der Waals surface area contributed by atoms with Crippen molar-refractivity contribution in [1.29, 1.82) is 0 Å². The molecule has 11 rings (SSSR count). The van der Waals surface area contributed by atoms with Gasteiger partial charge in [0.2, 0.25) is 0 Å². The summed E-state index contributed by atoms with van der Waals surface area (Å²) in [6, 6.07) is 67.3. The lowest BCUT2D eigenvalue weighted by atomic mass is 9.89. The minimum absolute atomic E-state index is 0.692. The molecule has 0 radical (unpaired) electrons. The number of hydrogen-bond donors (Lipinski definition) is 0. The van der Waals surface area contributed by atoms with Crippen molar-refractivity contribution in [2.75, 3.05) is 0 Å². The molecular formula is C52H32N2O2. The molecule has 262 valence electrons. The van der Waals surface area contributed by atoms with Crippen LogP contribution in [-0.4, -0.2) is 9.97 Å². The Morgan fingerprint density at radius 3 is 1.70 bits per heavy atom. The van der Waals surface area contributed by atoms with Crippen LogP contribution in [0, 0.1) is 0 Å². The first-order chi connectivity index (χ1) is 27.7. The molecule has 56 heavy (non-hydrogen) atoms. The number of aromatic nitrogens is 2. The average Bonchev–Trinajstić information content (AvgIpc) is 3.85. The second kappa shape index (κ2) is 13.1. The Bertz CT molecular complexity index is 3180. The first-order valence-electron chi connectivity index (χ1n) is 18.8. The van der Waals surface area contributed by atoms with E-state index in [1.165, 1.54) is 0 Å². The number of hydrogen-bond acceptors (Lipinski definition) is 4. The highest BCUT2D eigenvalue weighted by Crippen LogP contribution is 2.44. The van der Waals surface area contributed by atoms with Crippen molar-refractivity contribution in [3.8, 4) is 67.3 Å². The summed E-state index contributed by atoms with van der Waals surface area (Å²) in [6.07, 6.45) is 0. The van der Waals surface area contributed by atoms with Crippen LogP contribution in [0.15, 0.2) is 203 Å². The number of benzene rings is 8. The molecule has 0 spiro atoms. The largest absolute Gasteiger partial charge is 0.456 e. The van der Waals surface area contributed by atoms with E-state index >= 15 is 0 Å². The number of furan rings is 2. The minimum atomic E-state index is 0.692. The molecule has 0 saturated carbocycles. The van der Waals surface area contributed by atoms with Crippen molar-refractivity contribution >= 4 is 43.9 Å². The van der Waals surface area contributed by atoms with Gasteiger partial charge in [0.15, 0.2) is 5.82 Å². The second-order valence-electron chi connectivity index (χ2n) is 14.1. The quantitative estimate of drug-likeness (QED) is 0.172. The van der Waals surface area contributed by atoms with E-state index in [9.17, 15) is 0 Å². The van der Waals surface area contributed by atoms with Crippen molar-refractivity contribution in [2.45, 2.75) is 0 Å². The second-order valence-corrected chi connectivity index (χ2v) is 14.1. The highest BCUT2D eigenvalue weighted by molar-refractivity contribution is 6.16. The van der Waals surface area contributed by atoms with Crippen LogP contribution in [0.3, 0.4) is 0 Å². The van der Waals surface area contributed by atoms with Crippen molar-refractivity contribution in [1.82, 2.24) is 9.97 Å². The van der Waals surface area contributed by atoms with Gasteiger partial charge in [0.05, 0.1) is 11.4 Å². The predicted molar refractivity (Wildman–Crippen MR) is 229 cm³/mol. The third-order valence-electron chi connectivity index (χ3n) is 10.7. The molecule has 0 bridgehead atoms. The number of fused-ring (bicyclic) bond motifs is 6. The first kappa shape index (κ1) is 31.9. The number of para-hydroxylation sites is 3. The van der Waals surface area contributed by atoms with Crippen LogP contribution in [-0.2, 0) is 0 Å². The zero-order chi connectivity index (χ0) is 37.0. The summed E-state index contributed by atoms with van der Waals surface area (Å²) in [5.41, 5.74) is 14.9. The van der Waals surface area contributed by atoms with Gasteiger partial charge in [-0.05, 0) is 52.6 Å². The lowest BCUT2D eigenvalue weighted by molar-refractivity contribution is 0.669. The van der Waals surface area contributed by atoms with E-state index in [-0.39, 0.29) is 0 Å². The molecule has 0 atom stereocenters. The lowest BCUT2D eigenvalue weighted by Gasteiger charge is -2.15. The topological polar surface area (TPSA) is 52.1 Å². The number of nitrogens with zero attached hydrogens (tertiary/aromatic N) is 2. The molecule has 3 aromatic heterocycles. The van der Waals surface area contributed by atoms with Gasteiger partial charge < -0.3 is 8.83 Å². The highest BCUT2D eigenvalue weighted by Gasteiger charge is 2.20. The molecule has 0 aliphatic rings. The Morgan fingerprint density at radius 1 is 0.321 bits per heavy atom. The molecule has 0 aliphatic carbocycles. The van der Waals surface area contributed by atoms with Crippen molar-refractivity contribution in [3.05, 3.63) is 194 Å². The minimum Gasteiger partial charge on any atom is -0.456 e. The maximum atomic E-state index is 6.45. The van der Waals surface area contributed by atoms with Gasteiger partial charge in [0.1, 0.15) is 22.3 Å². The molecule has 0 unspecified atom stereocenters. The molecule has 0 amide bonds. The monoisotopic (exact) mass is 716 g/mol. The van der Waals surface area contributed by atoms with Crippen LogP contribution in [0.1, 0.15) is 0 Å². The smallest absolute Gasteiger partial charge is 0.160 e. The fraction of sp³-hybridized carbons (Fsp3) is 0. The Kier molecular flexibility index (Phi) is 7.46. The van der Waals surface area contributed by atoms with Crippen LogP contribution >= 0.6 is 0 Å². The van der Waals surface area contributed by atoms with Crippen LogP contribution in [0.25, 0.3) is 111 Å². The molecular weight excluding hydrogens is 685 g/mol. The lowest BCUT2D eigenvalue weighted by Crippen LogP contribution is -1.96. The standard InChI is InChI=1S/C52H32N2O2/c1-3-13-34(14-4-1)44-32-45(54-52(53-44)36-15-5-2-6-16-36)38-18-11-17-37(31-38)39-29-30-48-50(43-20-8-10-24-47(43)55-48)49(39)35-27-25-33(26-28-35)40-21-12-22-42-41-19-7-9-23-46(41)56-51(40)42/h1-32H. The van der Waals surface area contributed by atoms with Gasteiger partial charge in [-0.2, -0.15) is 0 Å². The molecule has 8 aromatic carbocycles. The van der Waals surface area contributed by atoms with Crippen LogP contribution in [0.4, 0.5) is 0 Å². The van der Waals surface area contributed by atoms with Gasteiger partial charge >= 0.3 is 0 Å². The van der Waals surface area contributed by atoms with E-state index in [0.29, 0.717) is 5.82 Å². The number of rotatable bonds is 6. The van der Waals surface area contributed by atoms with Gasteiger partial charge in [-0.1, -0.05) is 164 Å². The van der Waals surface area contributed by atoms with Crippen molar-refractivity contribution < 1.29 is 8.83 Å². The summed E-state index contributed by atoms with van der Waals surface area (Å²) in [5.74, 6) is 0.692. The van der Waals surface area contributed by atoms with Crippen molar-refractivity contribution in [2.24, 2.45) is 0 Å².